The maximum absolute atomic E-state index is 5.26. The molecule has 0 spiro atoms. The van der Waals surface area contributed by atoms with Crippen LogP contribution in [0.25, 0.3) is 34.4 Å². The quantitative estimate of drug-likeness (QED) is 0.185. The molecule has 0 saturated carbocycles. The number of benzene rings is 4. The minimum atomic E-state index is -2.41. The fourth-order valence-electron chi connectivity index (χ4n) is 7.78. The summed E-state index contributed by atoms with van der Waals surface area (Å²) < 4.78 is 6.28. The van der Waals surface area contributed by atoms with Gasteiger partial charge in [-0.25, -0.2) is 0 Å². The van der Waals surface area contributed by atoms with Crippen LogP contribution in [0.5, 0.6) is 0 Å². The number of fused-ring (bicyclic) bond motifs is 2. The van der Waals surface area contributed by atoms with Crippen LogP contribution in [0.15, 0.2) is 96.1 Å². The molecular formula is C45H52Cl2Zr. The SMILES string of the molecule is [CH2]=[Zr+2]([CH]1C(CCC)=Cc2c(-c3ccc(C(C)(C)C)cc3)cccc21)[CH]1C(CCC)=Cc2c(-c3ccc(C(C)(C)C)cc3)cccc21.[Cl-].[Cl-]. The third kappa shape index (κ3) is 7.41. The molecule has 2 aliphatic rings. The summed E-state index contributed by atoms with van der Waals surface area (Å²) in [6, 6.07) is 32.8. The average molecular weight is 755 g/mol. The van der Waals surface area contributed by atoms with Gasteiger partial charge in [0.1, 0.15) is 0 Å². The molecule has 2 atom stereocenters. The van der Waals surface area contributed by atoms with Gasteiger partial charge < -0.3 is 24.8 Å². The van der Waals surface area contributed by atoms with E-state index in [1.54, 1.807) is 22.3 Å². The minimum Gasteiger partial charge on any atom is -1.00 e. The van der Waals surface area contributed by atoms with Crippen molar-refractivity contribution in [2.45, 2.75) is 99.2 Å². The maximum atomic E-state index is 5.26. The summed E-state index contributed by atoms with van der Waals surface area (Å²) in [5.41, 5.74) is 17.8. The number of rotatable bonds is 8. The first-order chi connectivity index (χ1) is 21.9. The second kappa shape index (κ2) is 15.3. The van der Waals surface area contributed by atoms with Gasteiger partial charge in [-0.2, -0.15) is 0 Å². The van der Waals surface area contributed by atoms with E-state index in [1.807, 2.05) is 0 Å². The number of hydrogen-bond donors (Lipinski definition) is 0. The van der Waals surface area contributed by atoms with Crippen LogP contribution in [-0.4, -0.2) is 4.21 Å². The van der Waals surface area contributed by atoms with Crippen molar-refractivity contribution >= 4 is 16.4 Å². The predicted octanol–water partition coefficient (Wildman–Crippen LogP) is 6.85. The fourth-order valence-corrected chi connectivity index (χ4v) is 15.3. The van der Waals surface area contributed by atoms with Crippen LogP contribution in [0.3, 0.4) is 0 Å². The van der Waals surface area contributed by atoms with Crippen molar-refractivity contribution in [3.05, 3.63) is 129 Å². The first-order valence-corrected chi connectivity index (χ1v) is 22.1. The molecule has 0 aromatic heterocycles. The van der Waals surface area contributed by atoms with E-state index in [9.17, 15) is 0 Å². The van der Waals surface area contributed by atoms with Crippen LogP contribution >= 0.6 is 0 Å². The molecule has 0 nitrogen and oxygen atoms in total. The van der Waals surface area contributed by atoms with Crippen LogP contribution in [0.4, 0.5) is 0 Å². The molecule has 6 rings (SSSR count). The molecular weight excluding hydrogens is 703 g/mol. The van der Waals surface area contributed by atoms with Gasteiger partial charge in [-0.3, -0.25) is 0 Å². The Balaban J connectivity index is 0.00000260. The third-order valence-electron chi connectivity index (χ3n) is 10.2. The van der Waals surface area contributed by atoms with E-state index in [2.05, 4.69) is 152 Å². The van der Waals surface area contributed by atoms with Gasteiger partial charge in [0.2, 0.25) is 0 Å². The molecule has 0 N–H and O–H groups in total. The van der Waals surface area contributed by atoms with Crippen LogP contribution in [-0.2, 0) is 32.1 Å². The molecule has 250 valence electrons. The van der Waals surface area contributed by atoms with Gasteiger partial charge in [-0.1, -0.05) is 0 Å². The Labute approximate surface area is 311 Å². The van der Waals surface area contributed by atoms with Gasteiger partial charge in [-0.05, 0) is 0 Å². The van der Waals surface area contributed by atoms with Crippen molar-refractivity contribution in [1.29, 1.82) is 0 Å². The Morgan fingerprint density at radius 2 is 0.896 bits per heavy atom. The maximum Gasteiger partial charge on any atom is -1.00 e. The van der Waals surface area contributed by atoms with E-state index in [0.29, 0.717) is 7.25 Å². The smallest absolute Gasteiger partial charge is 1.00 e. The van der Waals surface area contributed by atoms with Gasteiger partial charge in [0.05, 0.1) is 0 Å². The second-order valence-electron chi connectivity index (χ2n) is 15.7. The van der Waals surface area contributed by atoms with Gasteiger partial charge >= 0.3 is 288 Å². The van der Waals surface area contributed by atoms with Crippen LogP contribution in [0.1, 0.15) is 122 Å². The van der Waals surface area contributed by atoms with Crippen LogP contribution in [0, 0.1) is 0 Å². The van der Waals surface area contributed by atoms with E-state index in [-0.39, 0.29) is 35.6 Å². The molecule has 0 saturated heterocycles. The molecule has 0 bridgehead atoms. The van der Waals surface area contributed by atoms with E-state index in [0.717, 1.165) is 12.8 Å². The van der Waals surface area contributed by atoms with Gasteiger partial charge in [0, 0.05) is 0 Å². The van der Waals surface area contributed by atoms with Gasteiger partial charge in [0.25, 0.3) is 0 Å². The Bertz CT molecular complexity index is 1690. The first kappa shape index (κ1) is 38.5. The number of halogens is 2. The van der Waals surface area contributed by atoms with Crippen LogP contribution < -0.4 is 24.8 Å². The van der Waals surface area contributed by atoms with E-state index < -0.39 is 21.3 Å². The number of allylic oxidation sites excluding steroid dienone is 2. The summed E-state index contributed by atoms with van der Waals surface area (Å²) in [5.74, 6) is 0. The average Bonchev–Trinajstić information content (AvgIpc) is 3.58. The summed E-state index contributed by atoms with van der Waals surface area (Å²) in [6.07, 6.45) is 9.83. The zero-order chi connectivity index (χ0) is 32.8. The zero-order valence-electron chi connectivity index (χ0n) is 30.2. The van der Waals surface area contributed by atoms with E-state index in [1.165, 1.54) is 57.3 Å². The fraction of sp³-hybridized carbons (Fsp3) is 0.356. The van der Waals surface area contributed by atoms with Crippen molar-refractivity contribution in [1.82, 2.24) is 0 Å². The third-order valence-corrected chi connectivity index (χ3v) is 17.2. The second-order valence-corrected chi connectivity index (χ2v) is 21.3. The Morgan fingerprint density at radius 3 is 1.21 bits per heavy atom. The van der Waals surface area contributed by atoms with E-state index >= 15 is 0 Å². The minimum absolute atomic E-state index is 0. The van der Waals surface area contributed by atoms with Crippen molar-refractivity contribution in [3.8, 4) is 22.3 Å². The monoisotopic (exact) mass is 752 g/mol. The Morgan fingerprint density at radius 1 is 0.542 bits per heavy atom. The largest absolute Gasteiger partial charge is 1.00 e. The Kier molecular flexibility index (Phi) is 12.3. The molecule has 0 heterocycles. The summed E-state index contributed by atoms with van der Waals surface area (Å²) in [5, 5.41) is 0. The summed E-state index contributed by atoms with van der Waals surface area (Å²) in [4.78, 5) is 0. The summed E-state index contributed by atoms with van der Waals surface area (Å²) in [6.45, 7) is 18.4. The summed E-state index contributed by atoms with van der Waals surface area (Å²) >= 11 is -2.41. The van der Waals surface area contributed by atoms with Crippen LogP contribution in [0.2, 0.25) is 0 Å². The standard InChI is InChI=1S/2C22H25.CH2.2ClH.Zr/c2*1-5-7-16-14-18-8-6-9-20(21(18)15-16)17-10-12-19(13-11-17)22(2,3)4;;;;/h2*6,8-15H,5,7H2,1-4H3;1H2;2*1H;/q;;;;;+2/p-2. The summed E-state index contributed by atoms with van der Waals surface area (Å²) in [7, 11) is 0. The molecule has 2 unspecified atom stereocenters. The molecule has 4 aromatic rings. The van der Waals surface area contributed by atoms with Gasteiger partial charge in [-0.15, -0.1) is 0 Å². The van der Waals surface area contributed by atoms with Crippen molar-refractivity contribution in [3.63, 3.8) is 0 Å². The molecule has 2 aliphatic carbocycles. The molecule has 4 aromatic carbocycles. The normalized spacial score (nSPS) is 16.5. The topological polar surface area (TPSA) is 0 Å². The zero-order valence-corrected chi connectivity index (χ0v) is 34.2. The van der Waals surface area contributed by atoms with Gasteiger partial charge in [0.15, 0.2) is 0 Å². The molecule has 0 radical (unpaired) electrons. The van der Waals surface area contributed by atoms with E-state index in [4.69, 9.17) is 4.21 Å². The first-order valence-electron chi connectivity index (χ1n) is 17.5. The molecule has 48 heavy (non-hydrogen) atoms. The molecule has 0 amide bonds. The molecule has 0 fully saturated rings. The van der Waals surface area contributed by atoms with Crippen molar-refractivity contribution < 1.29 is 46.1 Å². The Hall–Kier alpha value is -2.31. The molecule has 0 aliphatic heterocycles. The number of hydrogen-bond acceptors (Lipinski definition) is 0. The van der Waals surface area contributed by atoms with Crippen molar-refractivity contribution in [2.75, 3.05) is 0 Å². The predicted molar refractivity (Wildman–Crippen MR) is 200 cm³/mol. The van der Waals surface area contributed by atoms with Crippen molar-refractivity contribution in [2.24, 2.45) is 0 Å². The molecule has 3 heteroatoms.